The number of ether oxygens (including phenoxy) is 2. The van der Waals surface area contributed by atoms with Crippen LogP contribution in [0.15, 0.2) is 29.2 Å². The molecule has 3 nitrogen and oxygen atoms in total. The SMILES string of the molecule is CCOC(CNCc1ccc(SC)cc1)OCC. The number of hydrogen-bond acceptors (Lipinski definition) is 4. The fourth-order valence-corrected chi connectivity index (χ4v) is 2.02. The van der Waals surface area contributed by atoms with E-state index in [0.717, 1.165) is 6.54 Å². The van der Waals surface area contributed by atoms with E-state index in [-0.39, 0.29) is 6.29 Å². The van der Waals surface area contributed by atoms with Crippen LogP contribution in [-0.4, -0.2) is 32.3 Å². The van der Waals surface area contributed by atoms with Crippen molar-refractivity contribution in [3.8, 4) is 0 Å². The fourth-order valence-electron chi connectivity index (χ4n) is 1.62. The summed E-state index contributed by atoms with van der Waals surface area (Å²) in [7, 11) is 0. The van der Waals surface area contributed by atoms with Gasteiger partial charge in [0.05, 0.1) is 0 Å². The molecule has 0 aliphatic carbocycles. The van der Waals surface area contributed by atoms with E-state index >= 15 is 0 Å². The molecule has 1 aromatic rings. The third kappa shape index (κ3) is 5.87. The Labute approximate surface area is 114 Å². The van der Waals surface area contributed by atoms with Gasteiger partial charge in [-0.25, -0.2) is 0 Å². The lowest BCUT2D eigenvalue weighted by atomic mass is 10.2. The summed E-state index contributed by atoms with van der Waals surface area (Å²) in [5.41, 5.74) is 1.28. The first kappa shape index (κ1) is 15.5. The highest BCUT2D eigenvalue weighted by Gasteiger charge is 2.06. The van der Waals surface area contributed by atoms with Crippen molar-refractivity contribution in [2.75, 3.05) is 26.0 Å². The molecule has 0 aliphatic rings. The second-order valence-electron chi connectivity index (χ2n) is 3.82. The van der Waals surface area contributed by atoms with Crippen molar-refractivity contribution < 1.29 is 9.47 Å². The van der Waals surface area contributed by atoms with Crippen LogP contribution in [0.5, 0.6) is 0 Å². The van der Waals surface area contributed by atoms with Gasteiger partial charge in [0.15, 0.2) is 6.29 Å². The summed E-state index contributed by atoms with van der Waals surface area (Å²) >= 11 is 1.76. The van der Waals surface area contributed by atoms with Gasteiger partial charge >= 0.3 is 0 Å². The fraction of sp³-hybridized carbons (Fsp3) is 0.571. The van der Waals surface area contributed by atoms with Crippen molar-refractivity contribution >= 4 is 11.8 Å². The summed E-state index contributed by atoms with van der Waals surface area (Å²) in [6.07, 6.45) is 1.94. The molecule has 0 aliphatic heterocycles. The van der Waals surface area contributed by atoms with Crippen molar-refractivity contribution in [1.82, 2.24) is 5.32 Å². The maximum atomic E-state index is 5.47. The van der Waals surface area contributed by atoms with Crippen LogP contribution in [0.2, 0.25) is 0 Å². The Balaban J connectivity index is 2.30. The molecule has 0 aromatic heterocycles. The number of nitrogens with one attached hydrogen (secondary N) is 1. The molecular formula is C14H23NO2S. The maximum Gasteiger partial charge on any atom is 0.169 e. The van der Waals surface area contributed by atoms with Gasteiger partial charge in [-0.15, -0.1) is 11.8 Å². The van der Waals surface area contributed by atoms with E-state index < -0.39 is 0 Å². The van der Waals surface area contributed by atoms with Gasteiger partial charge in [-0.2, -0.15) is 0 Å². The van der Waals surface area contributed by atoms with Crippen LogP contribution in [0.4, 0.5) is 0 Å². The lowest BCUT2D eigenvalue weighted by molar-refractivity contribution is -0.133. The van der Waals surface area contributed by atoms with Gasteiger partial charge in [-0.1, -0.05) is 12.1 Å². The van der Waals surface area contributed by atoms with Crippen LogP contribution < -0.4 is 5.32 Å². The zero-order valence-electron chi connectivity index (χ0n) is 11.4. The van der Waals surface area contributed by atoms with Crippen molar-refractivity contribution in [1.29, 1.82) is 0 Å². The average Bonchev–Trinajstić information content (AvgIpc) is 2.40. The second kappa shape index (κ2) is 9.39. The molecule has 0 saturated carbocycles. The van der Waals surface area contributed by atoms with Crippen molar-refractivity contribution in [2.24, 2.45) is 0 Å². The van der Waals surface area contributed by atoms with Crippen molar-refractivity contribution in [3.63, 3.8) is 0 Å². The van der Waals surface area contributed by atoms with Crippen LogP contribution in [0, 0.1) is 0 Å². The van der Waals surface area contributed by atoms with Crippen molar-refractivity contribution in [2.45, 2.75) is 31.6 Å². The van der Waals surface area contributed by atoms with Gasteiger partial charge in [0.1, 0.15) is 0 Å². The first-order valence-corrected chi connectivity index (χ1v) is 7.59. The first-order valence-electron chi connectivity index (χ1n) is 6.37. The average molecular weight is 269 g/mol. The Morgan fingerprint density at radius 2 is 1.72 bits per heavy atom. The van der Waals surface area contributed by atoms with Gasteiger partial charge in [-0.3, -0.25) is 0 Å². The van der Waals surface area contributed by atoms with Crippen LogP contribution in [-0.2, 0) is 16.0 Å². The predicted octanol–water partition coefficient (Wildman–Crippen LogP) is 2.90. The summed E-state index contributed by atoms with van der Waals surface area (Å²) in [6.45, 7) is 6.86. The molecule has 0 spiro atoms. The molecular weight excluding hydrogens is 246 g/mol. The summed E-state index contributed by atoms with van der Waals surface area (Å²) in [4.78, 5) is 1.29. The molecule has 102 valence electrons. The molecule has 4 heteroatoms. The predicted molar refractivity (Wildman–Crippen MR) is 77.0 cm³/mol. The Hall–Kier alpha value is -0.550. The Morgan fingerprint density at radius 3 is 2.22 bits per heavy atom. The van der Waals surface area contributed by atoms with Crippen LogP contribution in [0.25, 0.3) is 0 Å². The van der Waals surface area contributed by atoms with E-state index in [9.17, 15) is 0 Å². The number of thioether (sulfide) groups is 1. The van der Waals surface area contributed by atoms with E-state index in [1.54, 1.807) is 11.8 Å². The lowest BCUT2D eigenvalue weighted by Crippen LogP contribution is -2.31. The molecule has 18 heavy (non-hydrogen) atoms. The monoisotopic (exact) mass is 269 g/mol. The summed E-state index contributed by atoms with van der Waals surface area (Å²) < 4.78 is 10.9. The second-order valence-corrected chi connectivity index (χ2v) is 4.70. The maximum absolute atomic E-state index is 5.47. The molecule has 0 fully saturated rings. The topological polar surface area (TPSA) is 30.5 Å². The highest BCUT2D eigenvalue weighted by atomic mass is 32.2. The number of benzene rings is 1. The standard InChI is InChI=1S/C14H23NO2S/c1-4-16-14(17-5-2)11-15-10-12-6-8-13(18-3)9-7-12/h6-9,14-15H,4-5,10-11H2,1-3H3. The van der Waals surface area contributed by atoms with Gasteiger partial charge in [0.2, 0.25) is 0 Å². The van der Waals surface area contributed by atoms with Gasteiger partial charge in [0.25, 0.3) is 0 Å². The van der Waals surface area contributed by atoms with E-state index in [4.69, 9.17) is 9.47 Å². The van der Waals surface area contributed by atoms with Gasteiger partial charge < -0.3 is 14.8 Å². The molecule has 0 radical (unpaired) electrons. The Bertz CT molecular complexity index is 310. The minimum Gasteiger partial charge on any atom is -0.352 e. The van der Waals surface area contributed by atoms with E-state index in [0.29, 0.717) is 19.8 Å². The molecule has 0 bridgehead atoms. The highest BCUT2D eigenvalue weighted by molar-refractivity contribution is 7.98. The van der Waals surface area contributed by atoms with Crippen LogP contribution in [0.3, 0.4) is 0 Å². The van der Waals surface area contributed by atoms with Gasteiger partial charge in [0, 0.05) is 31.2 Å². The number of hydrogen-bond donors (Lipinski definition) is 1. The Kier molecular flexibility index (Phi) is 8.09. The summed E-state index contributed by atoms with van der Waals surface area (Å²) in [5, 5.41) is 3.35. The van der Waals surface area contributed by atoms with Crippen LogP contribution >= 0.6 is 11.8 Å². The molecule has 0 unspecified atom stereocenters. The van der Waals surface area contributed by atoms with Crippen LogP contribution in [0.1, 0.15) is 19.4 Å². The third-order valence-corrected chi connectivity index (χ3v) is 3.25. The summed E-state index contributed by atoms with van der Waals surface area (Å²) in [6, 6.07) is 8.58. The van der Waals surface area contributed by atoms with E-state index in [2.05, 4.69) is 35.8 Å². The largest absolute Gasteiger partial charge is 0.352 e. The highest BCUT2D eigenvalue weighted by Crippen LogP contribution is 2.14. The quantitative estimate of drug-likeness (QED) is 0.551. The third-order valence-electron chi connectivity index (χ3n) is 2.50. The normalized spacial score (nSPS) is 11.1. The molecule has 0 heterocycles. The van der Waals surface area contributed by atoms with Gasteiger partial charge in [-0.05, 0) is 37.8 Å². The minimum absolute atomic E-state index is 0.148. The summed E-state index contributed by atoms with van der Waals surface area (Å²) in [5.74, 6) is 0. The molecule has 1 aromatic carbocycles. The molecule has 1 rings (SSSR count). The minimum atomic E-state index is -0.148. The molecule has 0 amide bonds. The lowest BCUT2D eigenvalue weighted by Gasteiger charge is -2.17. The zero-order valence-corrected chi connectivity index (χ0v) is 12.3. The molecule has 0 saturated heterocycles. The first-order chi connectivity index (χ1) is 8.80. The number of rotatable bonds is 9. The van der Waals surface area contributed by atoms with E-state index in [1.807, 2.05) is 13.8 Å². The molecule has 0 atom stereocenters. The smallest absolute Gasteiger partial charge is 0.169 e. The van der Waals surface area contributed by atoms with Crippen molar-refractivity contribution in [3.05, 3.63) is 29.8 Å². The van der Waals surface area contributed by atoms with E-state index in [1.165, 1.54) is 10.5 Å². The Morgan fingerprint density at radius 1 is 1.11 bits per heavy atom. The molecule has 1 N–H and O–H groups in total. The zero-order chi connectivity index (χ0) is 13.2.